The van der Waals surface area contributed by atoms with E-state index in [9.17, 15) is 0 Å². The predicted octanol–water partition coefficient (Wildman–Crippen LogP) is 3.41. The summed E-state index contributed by atoms with van der Waals surface area (Å²) in [6.07, 6.45) is 1.14. The molecule has 0 bridgehead atoms. The zero-order valence-electron chi connectivity index (χ0n) is 10.4. The number of halogens is 1. The van der Waals surface area contributed by atoms with Crippen LogP contribution in [0.15, 0.2) is 18.2 Å². The molecule has 16 heavy (non-hydrogen) atoms. The van der Waals surface area contributed by atoms with Crippen LogP contribution in [0.3, 0.4) is 0 Å². The van der Waals surface area contributed by atoms with E-state index >= 15 is 0 Å². The lowest BCUT2D eigenvalue weighted by Crippen LogP contribution is -2.38. The Morgan fingerprint density at radius 2 is 2.12 bits per heavy atom. The molecule has 90 valence electrons. The third-order valence-corrected chi connectivity index (χ3v) is 3.07. The molecule has 3 heteroatoms. The Morgan fingerprint density at radius 3 is 2.62 bits per heavy atom. The first-order valence-electron chi connectivity index (χ1n) is 5.68. The minimum Gasteiger partial charge on any atom is -0.488 e. The zero-order chi connectivity index (χ0) is 12.1. The van der Waals surface area contributed by atoms with Gasteiger partial charge in [0.05, 0.1) is 5.02 Å². The first-order valence-corrected chi connectivity index (χ1v) is 6.06. The fraction of sp³-hybridized carbons (Fsp3) is 0.538. The van der Waals surface area contributed by atoms with E-state index in [1.165, 1.54) is 0 Å². The van der Waals surface area contributed by atoms with Crippen LogP contribution in [0.4, 0.5) is 0 Å². The Balaban J connectivity index is 2.72. The van der Waals surface area contributed by atoms with Crippen molar-refractivity contribution in [2.45, 2.75) is 39.3 Å². The first-order chi connectivity index (χ1) is 7.58. The highest BCUT2D eigenvalue weighted by molar-refractivity contribution is 6.32. The molecule has 0 aliphatic carbocycles. The molecular weight excluding hydrogens is 222 g/mol. The van der Waals surface area contributed by atoms with Crippen molar-refractivity contribution in [2.24, 2.45) is 0 Å². The van der Waals surface area contributed by atoms with Crippen LogP contribution in [0.5, 0.6) is 5.75 Å². The summed E-state index contributed by atoms with van der Waals surface area (Å²) in [5.41, 5.74) is 1.14. The van der Waals surface area contributed by atoms with E-state index in [0.29, 0.717) is 11.1 Å². The van der Waals surface area contributed by atoms with E-state index in [-0.39, 0.29) is 6.10 Å². The van der Waals surface area contributed by atoms with Crippen LogP contribution >= 0.6 is 11.6 Å². The van der Waals surface area contributed by atoms with Crippen molar-refractivity contribution in [3.63, 3.8) is 0 Å². The van der Waals surface area contributed by atoms with E-state index in [2.05, 4.69) is 19.2 Å². The molecule has 2 nitrogen and oxygen atoms in total. The van der Waals surface area contributed by atoms with Crippen LogP contribution in [0.25, 0.3) is 0 Å². The minimum absolute atomic E-state index is 0.107. The van der Waals surface area contributed by atoms with Gasteiger partial charge in [0.15, 0.2) is 0 Å². The van der Waals surface area contributed by atoms with Crippen LogP contribution in [0.1, 0.15) is 25.8 Å². The van der Waals surface area contributed by atoms with Gasteiger partial charge in [-0.3, -0.25) is 0 Å². The predicted molar refractivity (Wildman–Crippen MR) is 69.4 cm³/mol. The molecule has 0 saturated heterocycles. The Hall–Kier alpha value is -0.730. The number of nitrogens with one attached hydrogen (secondary N) is 1. The summed E-state index contributed by atoms with van der Waals surface area (Å²) < 4.78 is 5.85. The van der Waals surface area contributed by atoms with E-state index in [1.807, 2.05) is 32.2 Å². The summed E-state index contributed by atoms with van der Waals surface area (Å²) in [4.78, 5) is 0. The van der Waals surface area contributed by atoms with Gasteiger partial charge in [-0.2, -0.15) is 0 Å². The minimum atomic E-state index is 0.107. The molecule has 1 aromatic carbocycles. The van der Waals surface area contributed by atoms with Gasteiger partial charge < -0.3 is 10.1 Å². The van der Waals surface area contributed by atoms with Crippen molar-refractivity contribution >= 4 is 11.6 Å². The molecule has 0 radical (unpaired) electrons. The number of hydrogen-bond acceptors (Lipinski definition) is 2. The SMILES string of the molecule is CCC(NC)C(C)Oc1ccc(C)cc1Cl. The number of likely N-dealkylation sites (N-methyl/N-ethyl adjacent to an activating group) is 1. The van der Waals surface area contributed by atoms with Gasteiger partial charge >= 0.3 is 0 Å². The topological polar surface area (TPSA) is 21.3 Å². The van der Waals surface area contributed by atoms with Gasteiger partial charge in [0.25, 0.3) is 0 Å². The number of benzene rings is 1. The van der Waals surface area contributed by atoms with Gasteiger partial charge in [-0.15, -0.1) is 0 Å². The number of ether oxygens (including phenoxy) is 1. The molecule has 1 rings (SSSR count). The van der Waals surface area contributed by atoms with Gasteiger partial charge in [0, 0.05) is 6.04 Å². The average Bonchev–Trinajstić information content (AvgIpc) is 2.24. The lowest BCUT2D eigenvalue weighted by molar-refractivity contribution is 0.172. The maximum atomic E-state index is 6.12. The van der Waals surface area contributed by atoms with Crippen LogP contribution in [-0.2, 0) is 0 Å². The lowest BCUT2D eigenvalue weighted by atomic mass is 10.1. The largest absolute Gasteiger partial charge is 0.488 e. The molecule has 0 aromatic heterocycles. The zero-order valence-corrected chi connectivity index (χ0v) is 11.1. The van der Waals surface area contributed by atoms with Gasteiger partial charge in [-0.25, -0.2) is 0 Å². The normalized spacial score (nSPS) is 14.6. The highest BCUT2D eigenvalue weighted by Gasteiger charge is 2.15. The average molecular weight is 242 g/mol. The molecular formula is C13H20ClNO. The van der Waals surface area contributed by atoms with E-state index in [0.717, 1.165) is 17.7 Å². The monoisotopic (exact) mass is 241 g/mol. The molecule has 0 spiro atoms. The Labute approximate surface area is 103 Å². The Kier molecular flexibility index (Phi) is 5.10. The summed E-state index contributed by atoms with van der Waals surface area (Å²) in [6.45, 7) is 6.21. The molecule has 1 N–H and O–H groups in total. The maximum absolute atomic E-state index is 6.12. The molecule has 0 aliphatic heterocycles. The van der Waals surface area contributed by atoms with E-state index < -0.39 is 0 Å². The quantitative estimate of drug-likeness (QED) is 0.853. The van der Waals surface area contributed by atoms with E-state index in [4.69, 9.17) is 16.3 Å². The lowest BCUT2D eigenvalue weighted by Gasteiger charge is -2.23. The molecule has 0 fully saturated rings. The molecule has 1 aromatic rings. The molecule has 0 amide bonds. The highest BCUT2D eigenvalue weighted by atomic mass is 35.5. The van der Waals surface area contributed by atoms with Gasteiger partial charge in [0.1, 0.15) is 11.9 Å². The van der Waals surface area contributed by atoms with Crippen molar-refractivity contribution in [3.8, 4) is 5.75 Å². The highest BCUT2D eigenvalue weighted by Crippen LogP contribution is 2.26. The second-order valence-corrected chi connectivity index (χ2v) is 4.47. The molecule has 0 heterocycles. The molecule has 2 unspecified atom stereocenters. The summed E-state index contributed by atoms with van der Waals surface area (Å²) in [6, 6.07) is 6.20. The summed E-state index contributed by atoms with van der Waals surface area (Å²) in [7, 11) is 1.95. The van der Waals surface area contributed by atoms with Gasteiger partial charge in [-0.05, 0) is 45.0 Å². The second-order valence-electron chi connectivity index (χ2n) is 4.06. The summed E-state index contributed by atoms with van der Waals surface area (Å²) in [5, 5.41) is 3.91. The van der Waals surface area contributed by atoms with E-state index in [1.54, 1.807) is 0 Å². The number of hydrogen-bond donors (Lipinski definition) is 1. The van der Waals surface area contributed by atoms with Gasteiger partial charge in [0.2, 0.25) is 0 Å². The Bertz CT molecular complexity index is 337. The third-order valence-electron chi connectivity index (χ3n) is 2.78. The first kappa shape index (κ1) is 13.3. The van der Waals surface area contributed by atoms with Crippen molar-refractivity contribution in [3.05, 3.63) is 28.8 Å². The van der Waals surface area contributed by atoms with Crippen molar-refractivity contribution < 1.29 is 4.74 Å². The number of rotatable bonds is 5. The van der Waals surface area contributed by atoms with Crippen LogP contribution in [0, 0.1) is 6.92 Å². The van der Waals surface area contributed by atoms with Crippen LogP contribution in [0.2, 0.25) is 5.02 Å². The second kappa shape index (κ2) is 6.12. The molecule has 0 saturated carbocycles. The maximum Gasteiger partial charge on any atom is 0.138 e. The number of aryl methyl sites for hydroxylation is 1. The summed E-state index contributed by atoms with van der Waals surface area (Å²) >= 11 is 6.12. The van der Waals surface area contributed by atoms with Crippen molar-refractivity contribution in [1.29, 1.82) is 0 Å². The van der Waals surface area contributed by atoms with Gasteiger partial charge in [-0.1, -0.05) is 24.6 Å². The third kappa shape index (κ3) is 3.39. The summed E-state index contributed by atoms with van der Waals surface area (Å²) in [5.74, 6) is 0.758. The fourth-order valence-electron chi connectivity index (χ4n) is 1.75. The van der Waals surface area contributed by atoms with Crippen molar-refractivity contribution in [1.82, 2.24) is 5.32 Å². The fourth-order valence-corrected chi connectivity index (χ4v) is 2.03. The smallest absolute Gasteiger partial charge is 0.138 e. The van der Waals surface area contributed by atoms with Crippen molar-refractivity contribution in [2.75, 3.05) is 7.05 Å². The molecule has 2 atom stereocenters. The Morgan fingerprint density at radius 1 is 1.44 bits per heavy atom. The standard InChI is InChI=1S/C13H20ClNO/c1-5-12(15-4)10(3)16-13-7-6-9(2)8-11(13)14/h6-8,10,12,15H,5H2,1-4H3. The van der Waals surface area contributed by atoms with Crippen LogP contribution < -0.4 is 10.1 Å². The molecule has 0 aliphatic rings. The van der Waals surface area contributed by atoms with Crippen LogP contribution in [-0.4, -0.2) is 19.2 Å².